The molecule has 0 saturated heterocycles. The number of rotatable bonds is 6. The van der Waals surface area contributed by atoms with Crippen molar-refractivity contribution in [2.75, 3.05) is 11.1 Å². The van der Waals surface area contributed by atoms with Gasteiger partial charge in [-0.25, -0.2) is 22.8 Å². The molecule has 1 heterocycles. The standard InChI is InChI=1S/C24H19ClFN3O2S/c25-21-12-18(7-8-22(21)26)29-24-20-11-17(6-9-23(20)27-14-28-24)16-2-1-3-19(10-16)32(30,31)13-15-4-5-15/h1-3,6-12,14-15H,4-5,13H2,(H,27,28,29). The molecule has 0 atom stereocenters. The fourth-order valence-corrected chi connectivity index (χ4v) is 5.53. The van der Waals surface area contributed by atoms with E-state index in [1.807, 2.05) is 24.3 Å². The van der Waals surface area contributed by atoms with Crippen molar-refractivity contribution in [1.82, 2.24) is 9.97 Å². The summed E-state index contributed by atoms with van der Waals surface area (Å²) >= 11 is 5.89. The molecule has 32 heavy (non-hydrogen) atoms. The number of fused-ring (bicyclic) bond motifs is 1. The van der Waals surface area contributed by atoms with E-state index in [9.17, 15) is 12.8 Å². The fraction of sp³-hybridized carbons (Fsp3) is 0.167. The Morgan fingerprint density at radius 1 is 1.00 bits per heavy atom. The van der Waals surface area contributed by atoms with E-state index in [1.54, 1.807) is 24.3 Å². The minimum atomic E-state index is -3.31. The van der Waals surface area contributed by atoms with Gasteiger partial charge in [-0.2, -0.15) is 0 Å². The molecule has 0 amide bonds. The van der Waals surface area contributed by atoms with Gasteiger partial charge < -0.3 is 5.32 Å². The van der Waals surface area contributed by atoms with Crippen molar-refractivity contribution in [2.45, 2.75) is 17.7 Å². The van der Waals surface area contributed by atoms with Crippen molar-refractivity contribution in [3.63, 3.8) is 0 Å². The summed E-state index contributed by atoms with van der Waals surface area (Å²) in [5.74, 6) is 0.534. The second kappa shape index (κ2) is 8.15. The molecule has 1 aliphatic rings. The van der Waals surface area contributed by atoms with Gasteiger partial charge in [0.05, 0.1) is 21.2 Å². The number of halogens is 2. The normalized spacial score (nSPS) is 13.9. The van der Waals surface area contributed by atoms with Crippen LogP contribution < -0.4 is 5.32 Å². The lowest BCUT2D eigenvalue weighted by molar-refractivity contribution is 0.592. The number of aromatic nitrogens is 2. The molecule has 3 aromatic carbocycles. The van der Waals surface area contributed by atoms with Crippen molar-refractivity contribution in [3.05, 3.63) is 77.8 Å². The van der Waals surface area contributed by atoms with E-state index in [0.29, 0.717) is 16.4 Å². The van der Waals surface area contributed by atoms with Gasteiger partial charge >= 0.3 is 0 Å². The Hall–Kier alpha value is -3.03. The van der Waals surface area contributed by atoms with E-state index in [2.05, 4.69) is 15.3 Å². The molecule has 1 N–H and O–H groups in total. The summed E-state index contributed by atoms with van der Waals surface area (Å²) in [6, 6.07) is 17.0. The first-order valence-electron chi connectivity index (χ1n) is 10.2. The Balaban J connectivity index is 1.52. The van der Waals surface area contributed by atoms with Crippen LogP contribution in [0.2, 0.25) is 5.02 Å². The first kappa shape index (κ1) is 20.8. The molecule has 1 fully saturated rings. The van der Waals surface area contributed by atoms with E-state index in [0.717, 1.165) is 34.9 Å². The molecular weight excluding hydrogens is 449 g/mol. The number of nitrogens with one attached hydrogen (secondary N) is 1. The molecule has 0 unspecified atom stereocenters. The van der Waals surface area contributed by atoms with E-state index in [4.69, 9.17) is 11.6 Å². The number of sulfone groups is 1. The average molecular weight is 468 g/mol. The van der Waals surface area contributed by atoms with Gasteiger partial charge in [0.1, 0.15) is 18.0 Å². The Labute approximate surface area is 190 Å². The lowest BCUT2D eigenvalue weighted by Gasteiger charge is -2.11. The summed E-state index contributed by atoms with van der Waals surface area (Å²) in [4.78, 5) is 8.98. The lowest BCUT2D eigenvalue weighted by Crippen LogP contribution is -2.08. The molecule has 162 valence electrons. The van der Waals surface area contributed by atoms with Crippen LogP contribution >= 0.6 is 11.6 Å². The summed E-state index contributed by atoms with van der Waals surface area (Å²) in [6.45, 7) is 0. The maximum atomic E-state index is 13.5. The summed E-state index contributed by atoms with van der Waals surface area (Å²) < 4.78 is 38.9. The monoisotopic (exact) mass is 467 g/mol. The van der Waals surface area contributed by atoms with Crippen molar-refractivity contribution < 1.29 is 12.8 Å². The maximum absolute atomic E-state index is 13.5. The Morgan fingerprint density at radius 2 is 1.81 bits per heavy atom. The third-order valence-electron chi connectivity index (χ3n) is 5.50. The quantitative estimate of drug-likeness (QED) is 0.375. The highest BCUT2D eigenvalue weighted by Crippen LogP contribution is 2.34. The summed E-state index contributed by atoms with van der Waals surface area (Å²) in [5, 5.41) is 3.92. The van der Waals surface area contributed by atoms with Crippen LogP contribution in [0.15, 0.2) is 71.9 Å². The Bertz CT molecular complexity index is 1440. The third-order valence-corrected chi connectivity index (χ3v) is 7.67. The van der Waals surface area contributed by atoms with Crippen LogP contribution in [-0.4, -0.2) is 24.1 Å². The predicted molar refractivity (Wildman–Crippen MR) is 124 cm³/mol. The van der Waals surface area contributed by atoms with E-state index >= 15 is 0 Å². The second-order valence-corrected chi connectivity index (χ2v) is 10.4. The van der Waals surface area contributed by atoms with Crippen molar-refractivity contribution in [2.24, 2.45) is 5.92 Å². The van der Waals surface area contributed by atoms with Crippen LogP contribution in [0.5, 0.6) is 0 Å². The topological polar surface area (TPSA) is 72.0 Å². The summed E-state index contributed by atoms with van der Waals surface area (Å²) in [5.41, 5.74) is 2.95. The van der Waals surface area contributed by atoms with Crippen LogP contribution in [0.1, 0.15) is 12.8 Å². The molecule has 5 rings (SSSR count). The molecule has 8 heteroatoms. The third kappa shape index (κ3) is 4.31. The largest absolute Gasteiger partial charge is 0.340 e. The Morgan fingerprint density at radius 3 is 2.59 bits per heavy atom. The van der Waals surface area contributed by atoms with Gasteiger partial charge in [0, 0.05) is 11.1 Å². The van der Waals surface area contributed by atoms with Gasteiger partial charge in [0.25, 0.3) is 0 Å². The van der Waals surface area contributed by atoms with Crippen molar-refractivity contribution in [1.29, 1.82) is 0 Å². The number of nitrogens with zero attached hydrogens (tertiary/aromatic N) is 2. The first-order valence-corrected chi connectivity index (χ1v) is 12.2. The number of hydrogen-bond acceptors (Lipinski definition) is 5. The van der Waals surface area contributed by atoms with E-state index in [-0.39, 0.29) is 16.7 Å². The lowest BCUT2D eigenvalue weighted by atomic mass is 10.0. The smallest absolute Gasteiger partial charge is 0.178 e. The van der Waals surface area contributed by atoms with Gasteiger partial charge in [0.15, 0.2) is 9.84 Å². The zero-order valence-corrected chi connectivity index (χ0v) is 18.5. The molecular formula is C24H19ClFN3O2S. The van der Waals surface area contributed by atoms with Gasteiger partial charge in [-0.05, 0) is 72.4 Å². The van der Waals surface area contributed by atoms with E-state index in [1.165, 1.54) is 18.5 Å². The van der Waals surface area contributed by atoms with Crippen LogP contribution in [0.25, 0.3) is 22.0 Å². The van der Waals surface area contributed by atoms with Gasteiger partial charge in [-0.1, -0.05) is 29.8 Å². The first-order chi connectivity index (χ1) is 15.4. The van der Waals surface area contributed by atoms with Crippen LogP contribution in [0.3, 0.4) is 0 Å². The molecule has 0 aliphatic heterocycles. The minimum absolute atomic E-state index is 0.0123. The highest BCUT2D eigenvalue weighted by Gasteiger charge is 2.29. The molecule has 0 spiro atoms. The van der Waals surface area contributed by atoms with Crippen LogP contribution in [0.4, 0.5) is 15.9 Å². The summed E-state index contributed by atoms with van der Waals surface area (Å²) in [6.07, 6.45) is 3.41. The molecule has 1 aromatic heterocycles. The van der Waals surface area contributed by atoms with Crippen LogP contribution in [-0.2, 0) is 9.84 Å². The number of benzene rings is 3. The highest BCUT2D eigenvalue weighted by molar-refractivity contribution is 7.91. The molecule has 0 radical (unpaired) electrons. The van der Waals surface area contributed by atoms with Crippen molar-refractivity contribution in [3.8, 4) is 11.1 Å². The molecule has 1 aliphatic carbocycles. The number of hydrogen-bond donors (Lipinski definition) is 1. The van der Waals surface area contributed by atoms with Crippen LogP contribution in [0, 0.1) is 11.7 Å². The molecule has 0 bridgehead atoms. The predicted octanol–water partition coefficient (Wildman–Crippen LogP) is 6.02. The Kier molecular flexibility index (Phi) is 5.31. The molecule has 5 nitrogen and oxygen atoms in total. The molecule has 1 saturated carbocycles. The zero-order valence-electron chi connectivity index (χ0n) is 16.9. The highest BCUT2D eigenvalue weighted by atomic mass is 35.5. The molecule has 4 aromatic rings. The SMILES string of the molecule is O=S(=O)(CC1CC1)c1cccc(-c2ccc3ncnc(Nc4ccc(F)c(Cl)c4)c3c2)c1. The zero-order chi connectivity index (χ0) is 22.3. The maximum Gasteiger partial charge on any atom is 0.178 e. The van der Waals surface area contributed by atoms with Gasteiger partial charge in [0.2, 0.25) is 0 Å². The summed E-state index contributed by atoms with van der Waals surface area (Å²) in [7, 11) is -3.31. The minimum Gasteiger partial charge on any atom is -0.340 e. The average Bonchev–Trinajstić information content (AvgIpc) is 3.60. The van der Waals surface area contributed by atoms with Gasteiger partial charge in [-0.3, -0.25) is 0 Å². The van der Waals surface area contributed by atoms with Crippen molar-refractivity contribution >= 4 is 43.8 Å². The van der Waals surface area contributed by atoms with Gasteiger partial charge in [-0.15, -0.1) is 0 Å². The number of anilines is 2. The second-order valence-electron chi connectivity index (χ2n) is 7.96. The van der Waals surface area contributed by atoms with E-state index < -0.39 is 15.7 Å². The fourth-order valence-electron chi connectivity index (χ4n) is 3.61.